The number of benzene rings is 1. The van der Waals surface area contributed by atoms with Crippen molar-refractivity contribution in [1.29, 1.82) is 0 Å². The number of nitrogens with two attached hydrogens (primary N) is 1. The Kier molecular flexibility index (Phi) is 3.04. The Bertz CT molecular complexity index is 486. The van der Waals surface area contributed by atoms with Gasteiger partial charge in [0.1, 0.15) is 0 Å². The van der Waals surface area contributed by atoms with Crippen LogP contribution in [0.2, 0.25) is 5.02 Å². The van der Waals surface area contributed by atoms with E-state index in [0.29, 0.717) is 16.8 Å². The molecule has 2 N–H and O–H groups in total. The SMILES string of the molecule is NCc1nnc(-c2ccc(Cl)cc2Br)o1. The van der Waals surface area contributed by atoms with Crippen molar-refractivity contribution < 1.29 is 4.42 Å². The normalized spacial score (nSPS) is 10.6. The summed E-state index contributed by atoms with van der Waals surface area (Å²) in [6.45, 7) is 0.234. The van der Waals surface area contributed by atoms with Crippen LogP contribution in [0.25, 0.3) is 11.5 Å². The van der Waals surface area contributed by atoms with Crippen LogP contribution < -0.4 is 5.73 Å². The lowest BCUT2D eigenvalue weighted by atomic mass is 10.2. The van der Waals surface area contributed by atoms with Gasteiger partial charge < -0.3 is 10.2 Å². The van der Waals surface area contributed by atoms with E-state index >= 15 is 0 Å². The van der Waals surface area contributed by atoms with Gasteiger partial charge in [-0.15, -0.1) is 10.2 Å². The van der Waals surface area contributed by atoms with E-state index in [1.54, 1.807) is 18.2 Å². The monoisotopic (exact) mass is 287 g/mol. The van der Waals surface area contributed by atoms with Crippen molar-refractivity contribution in [1.82, 2.24) is 10.2 Å². The lowest BCUT2D eigenvalue weighted by molar-refractivity contribution is 0.508. The highest BCUT2D eigenvalue weighted by Crippen LogP contribution is 2.29. The highest BCUT2D eigenvalue weighted by atomic mass is 79.9. The van der Waals surface area contributed by atoms with Crippen LogP contribution >= 0.6 is 27.5 Å². The van der Waals surface area contributed by atoms with Crippen LogP contribution in [0.15, 0.2) is 27.1 Å². The lowest BCUT2D eigenvalue weighted by Gasteiger charge is -1.98. The predicted octanol–water partition coefficient (Wildman–Crippen LogP) is 2.61. The largest absolute Gasteiger partial charge is 0.419 e. The Labute approximate surface area is 99.6 Å². The van der Waals surface area contributed by atoms with Crippen LogP contribution in [0.4, 0.5) is 0 Å². The van der Waals surface area contributed by atoms with Gasteiger partial charge in [-0.2, -0.15) is 0 Å². The highest BCUT2D eigenvalue weighted by molar-refractivity contribution is 9.10. The van der Waals surface area contributed by atoms with Crippen LogP contribution in [-0.2, 0) is 6.54 Å². The van der Waals surface area contributed by atoms with Gasteiger partial charge in [0.05, 0.1) is 12.1 Å². The van der Waals surface area contributed by atoms with Crippen LogP contribution in [0, 0.1) is 0 Å². The van der Waals surface area contributed by atoms with E-state index in [4.69, 9.17) is 21.8 Å². The van der Waals surface area contributed by atoms with Crippen LogP contribution in [-0.4, -0.2) is 10.2 Å². The molecule has 0 aliphatic carbocycles. The first-order chi connectivity index (χ1) is 7.20. The van der Waals surface area contributed by atoms with Crippen LogP contribution in [0.1, 0.15) is 5.89 Å². The Hall–Kier alpha value is -0.910. The van der Waals surface area contributed by atoms with E-state index in [9.17, 15) is 0 Å². The zero-order valence-electron chi connectivity index (χ0n) is 7.58. The molecule has 0 saturated heterocycles. The molecule has 0 spiro atoms. The molecule has 0 aliphatic rings. The molecular weight excluding hydrogens is 281 g/mol. The van der Waals surface area contributed by atoms with E-state index in [-0.39, 0.29) is 6.54 Å². The van der Waals surface area contributed by atoms with E-state index in [2.05, 4.69) is 26.1 Å². The zero-order valence-corrected chi connectivity index (χ0v) is 9.92. The number of nitrogens with zero attached hydrogens (tertiary/aromatic N) is 2. The Balaban J connectivity index is 2.44. The van der Waals surface area contributed by atoms with Gasteiger partial charge in [-0.25, -0.2) is 0 Å². The fourth-order valence-corrected chi connectivity index (χ4v) is 1.96. The summed E-state index contributed by atoms with van der Waals surface area (Å²) in [5, 5.41) is 8.30. The van der Waals surface area contributed by atoms with Gasteiger partial charge >= 0.3 is 0 Å². The quantitative estimate of drug-likeness (QED) is 0.922. The molecule has 6 heteroatoms. The van der Waals surface area contributed by atoms with Crippen molar-refractivity contribution in [2.75, 3.05) is 0 Å². The first-order valence-electron chi connectivity index (χ1n) is 4.18. The molecule has 0 amide bonds. The summed E-state index contributed by atoms with van der Waals surface area (Å²) < 4.78 is 6.13. The second-order valence-corrected chi connectivity index (χ2v) is 4.12. The number of rotatable bonds is 2. The molecule has 0 bridgehead atoms. The summed E-state index contributed by atoms with van der Waals surface area (Å²) in [5.74, 6) is 0.839. The third-order valence-electron chi connectivity index (χ3n) is 1.80. The molecule has 2 aromatic rings. The first kappa shape index (κ1) is 10.6. The molecule has 4 nitrogen and oxygen atoms in total. The van der Waals surface area contributed by atoms with Crippen LogP contribution in [0.3, 0.4) is 0 Å². The second-order valence-electron chi connectivity index (χ2n) is 2.83. The van der Waals surface area contributed by atoms with Gasteiger partial charge in [-0.05, 0) is 34.1 Å². The van der Waals surface area contributed by atoms with Gasteiger partial charge in [-0.3, -0.25) is 0 Å². The molecule has 0 saturated carbocycles. The maximum atomic E-state index is 5.82. The van der Waals surface area contributed by atoms with Crippen molar-refractivity contribution in [2.24, 2.45) is 5.73 Å². The van der Waals surface area contributed by atoms with Gasteiger partial charge in [-0.1, -0.05) is 11.6 Å². The maximum absolute atomic E-state index is 5.82. The molecule has 1 heterocycles. The lowest BCUT2D eigenvalue weighted by Crippen LogP contribution is -1.95. The number of hydrogen-bond acceptors (Lipinski definition) is 4. The second kappa shape index (κ2) is 4.30. The molecule has 78 valence electrons. The Morgan fingerprint density at radius 1 is 1.40 bits per heavy atom. The third-order valence-corrected chi connectivity index (χ3v) is 2.69. The minimum absolute atomic E-state index is 0.234. The molecule has 0 unspecified atom stereocenters. The first-order valence-corrected chi connectivity index (χ1v) is 5.35. The molecule has 15 heavy (non-hydrogen) atoms. The molecule has 0 radical (unpaired) electrons. The Morgan fingerprint density at radius 3 is 2.80 bits per heavy atom. The van der Waals surface area contributed by atoms with Crippen molar-refractivity contribution >= 4 is 27.5 Å². The van der Waals surface area contributed by atoms with Crippen molar-refractivity contribution in [3.8, 4) is 11.5 Å². The highest BCUT2D eigenvalue weighted by Gasteiger charge is 2.10. The third kappa shape index (κ3) is 2.19. The smallest absolute Gasteiger partial charge is 0.248 e. The van der Waals surface area contributed by atoms with Crippen molar-refractivity contribution in [3.05, 3.63) is 33.6 Å². The fourth-order valence-electron chi connectivity index (χ4n) is 1.11. The van der Waals surface area contributed by atoms with E-state index in [1.807, 2.05) is 0 Å². The van der Waals surface area contributed by atoms with E-state index < -0.39 is 0 Å². The summed E-state index contributed by atoms with van der Waals surface area (Å²) in [6.07, 6.45) is 0. The summed E-state index contributed by atoms with van der Waals surface area (Å²) in [7, 11) is 0. The molecule has 2 rings (SSSR count). The predicted molar refractivity (Wildman–Crippen MR) is 60.3 cm³/mol. The number of hydrogen-bond donors (Lipinski definition) is 1. The molecule has 1 aromatic heterocycles. The van der Waals surface area contributed by atoms with Crippen LogP contribution in [0.5, 0.6) is 0 Å². The number of aromatic nitrogens is 2. The van der Waals surface area contributed by atoms with Gasteiger partial charge in [0, 0.05) is 9.50 Å². The average molecular weight is 289 g/mol. The standard InChI is InChI=1S/C9H7BrClN3O/c10-7-3-5(11)1-2-6(7)9-14-13-8(4-12)15-9/h1-3H,4,12H2. The van der Waals surface area contributed by atoms with E-state index in [0.717, 1.165) is 10.0 Å². The fraction of sp³-hybridized carbons (Fsp3) is 0.111. The van der Waals surface area contributed by atoms with Crippen molar-refractivity contribution in [2.45, 2.75) is 6.54 Å². The summed E-state index contributed by atoms with van der Waals surface area (Å²) in [6, 6.07) is 5.33. The molecule has 0 atom stereocenters. The molecular formula is C9H7BrClN3O. The summed E-state index contributed by atoms with van der Waals surface area (Å²) in [4.78, 5) is 0. The number of halogens is 2. The van der Waals surface area contributed by atoms with Gasteiger partial charge in [0.2, 0.25) is 11.8 Å². The van der Waals surface area contributed by atoms with Crippen molar-refractivity contribution in [3.63, 3.8) is 0 Å². The maximum Gasteiger partial charge on any atom is 0.248 e. The zero-order chi connectivity index (χ0) is 10.8. The minimum atomic E-state index is 0.234. The molecule has 0 fully saturated rings. The average Bonchev–Trinajstić information content (AvgIpc) is 2.66. The minimum Gasteiger partial charge on any atom is -0.419 e. The molecule has 1 aromatic carbocycles. The van der Waals surface area contributed by atoms with Gasteiger partial charge in [0.25, 0.3) is 0 Å². The van der Waals surface area contributed by atoms with E-state index in [1.165, 1.54) is 0 Å². The van der Waals surface area contributed by atoms with Gasteiger partial charge in [0.15, 0.2) is 0 Å². The summed E-state index contributed by atoms with van der Waals surface area (Å²) in [5.41, 5.74) is 6.17. The molecule has 0 aliphatic heterocycles. The topological polar surface area (TPSA) is 64.9 Å². The Morgan fingerprint density at radius 2 is 2.20 bits per heavy atom. The summed E-state index contributed by atoms with van der Waals surface area (Å²) >= 11 is 9.19.